The third-order valence-corrected chi connectivity index (χ3v) is 27.4. The number of esters is 1. The molecule has 1 saturated carbocycles. The van der Waals surface area contributed by atoms with E-state index >= 15 is 0 Å². The van der Waals surface area contributed by atoms with E-state index in [0.29, 0.717) is 54.4 Å². The molecule has 6 bridgehead atoms. The number of benzene rings is 1. The first kappa shape index (κ1) is 91.6. The summed E-state index contributed by atoms with van der Waals surface area (Å²) in [5.74, 6) is -2.80. The van der Waals surface area contributed by atoms with Gasteiger partial charge in [0.15, 0.2) is 24.6 Å². The van der Waals surface area contributed by atoms with E-state index in [0.717, 1.165) is 49.7 Å². The van der Waals surface area contributed by atoms with Gasteiger partial charge in [-0.15, -0.1) is 0 Å². The van der Waals surface area contributed by atoms with Gasteiger partial charge in [0, 0.05) is 90.4 Å². The van der Waals surface area contributed by atoms with Crippen LogP contribution in [-0.2, 0) is 68.2 Å². The largest absolute Gasteiger partial charge is 0.495 e. The summed E-state index contributed by atoms with van der Waals surface area (Å²) in [6.45, 7) is 6.83. The normalized spacial score (nSPS) is 39.2. The van der Waals surface area contributed by atoms with Gasteiger partial charge >= 0.3 is 12.1 Å². The summed E-state index contributed by atoms with van der Waals surface area (Å²) in [7, 11) is 5.87. The number of carbonyl (C=O) groups is 4. The van der Waals surface area contributed by atoms with Crippen molar-refractivity contribution >= 4 is 88.2 Å². The number of ether oxygens (including phenoxy) is 11. The van der Waals surface area contributed by atoms with Gasteiger partial charge in [-0.25, -0.2) is 9.59 Å². The molecule has 31 nitrogen and oxygen atoms in total. The predicted molar refractivity (Wildman–Crippen MR) is 406 cm³/mol. The SMILES string of the molecule is COc1cc2cc(c1Cl)N(C)C(=O)C[C@@]1(OC(=O)[C@H](C)N(C)C(=O)CCSC3CC(SCCOC4OC(CO)C(O)C(O)C4O)CCCCCCC(SCCOC4OC(CO)C(O)C(O)C4O)CC(SCCOC4OC(CO)C(O)C(O)C4O)C3)CC(C)(O1)[C@@H](C)[C@@]1(C)C[C@@](O)(NC(=O)O1)[C@@H](OC)/C=C/C=C(/C)C2. The molecule has 6 fully saturated rings. The molecule has 1 aliphatic carbocycles. The van der Waals surface area contributed by atoms with Crippen LogP contribution in [0.4, 0.5) is 10.5 Å². The van der Waals surface area contributed by atoms with Gasteiger partial charge in [0.2, 0.25) is 17.6 Å². The third kappa shape index (κ3) is 23.7. The Morgan fingerprint density at radius 1 is 0.688 bits per heavy atom. The highest BCUT2D eigenvalue weighted by Gasteiger charge is 2.66. The van der Waals surface area contributed by atoms with E-state index in [1.165, 1.54) is 45.0 Å². The maximum atomic E-state index is 14.8. The number of nitrogens with zero attached hydrogens (tertiary/aromatic N) is 2. The minimum absolute atomic E-state index is 0.0181. The lowest BCUT2D eigenvalue weighted by atomic mass is 9.67. The molecule has 8 aliphatic rings. The van der Waals surface area contributed by atoms with Crippen molar-refractivity contribution in [2.24, 2.45) is 5.92 Å². The molecule has 14 N–H and O–H groups in total. The van der Waals surface area contributed by atoms with Crippen LogP contribution in [0.3, 0.4) is 0 Å². The van der Waals surface area contributed by atoms with Crippen molar-refractivity contribution in [2.75, 3.05) is 95.9 Å². The van der Waals surface area contributed by atoms with Crippen LogP contribution >= 0.6 is 58.6 Å². The molecule has 9 rings (SSSR count). The second-order valence-electron chi connectivity index (χ2n) is 29.9. The van der Waals surface area contributed by atoms with Gasteiger partial charge in [-0.05, 0) is 83.9 Å². The summed E-state index contributed by atoms with van der Waals surface area (Å²) < 4.78 is 65.3. The van der Waals surface area contributed by atoms with Crippen LogP contribution in [0.5, 0.6) is 5.75 Å². The number of anilines is 1. The summed E-state index contributed by atoms with van der Waals surface area (Å²) >= 11 is 13.4. The Morgan fingerprint density at radius 3 is 1.62 bits per heavy atom. The molecular formula is C73H116ClN3O28S4. The van der Waals surface area contributed by atoms with Crippen LogP contribution in [0.25, 0.3) is 0 Å². The maximum absolute atomic E-state index is 14.8. The van der Waals surface area contributed by atoms with Crippen LogP contribution in [-0.4, -0.2) is 334 Å². The zero-order chi connectivity index (χ0) is 79.9. The molecule has 7 heterocycles. The zero-order valence-corrected chi connectivity index (χ0v) is 67.4. The number of carbonyl (C=O) groups excluding carboxylic acids is 4. The molecule has 1 aromatic carbocycles. The number of rotatable bonds is 27. The van der Waals surface area contributed by atoms with Crippen LogP contribution in [0, 0.1) is 5.92 Å². The molecule has 1 aromatic rings. The van der Waals surface area contributed by atoms with E-state index in [-0.39, 0.29) is 70.9 Å². The Bertz CT molecular complexity index is 3150. The van der Waals surface area contributed by atoms with Gasteiger partial charge in [-0.2, -0.15) is 47.0 Å². The number of nitrogens with one attached hydrogen (secondary N) is 1. The number of aliphatic hydroxyl groups is 13. The minimum atomic E-state index is -1.98. The van der Waals surface area contributed by atoms with Crippen molar-refractivity contribution in [2.45, 2.75) is 272 Å². The van der Waals surface area contributed by atoms with Gasteiger partial charge in [-0.3, -0.25) is 14.9 Å². The fraction of sp³-hybridized carbons (Fsp3) is 0.808. The monoisotopic (exact) mass is 1650 g/mol. The van der Waals surface area contributed by atoms with Gasteiger partial charge in [0.25, 0.3) is 0 Å². The summed E-state index contributed by atoms with van der Waals surface area (Å²) in [6.07, 6.45) is -12.2. The number of alkyl carbamates (subject to hydrolysis) is 1. The lowest BCUT2D eigenvalue weighted by molar-refractivity contribution is -0.387. The maximum Gasteiger partial charge on any atom is 0.410 e. The number of aliphatic hydroxyl groups excluding tert-OH is 12. The number of thioether (sulfide) groups is 4. The molecule has 0 aromatic heterocycles. The molecule has 109 heavy (non-hydrogen) atoms. The molecular weight excluding hydrogens is 1530 g/mol. The number of hydrogen-bond donors (Lipinski definition) is 14. The van der Waals surface area contributed by atoms with Crippen LogP contribution in [0.2, 0.25) is 5.02 Å². The average Bonchev–Trinajstić information content (AvgIpc) is 0.749. The minimum Gasteiger partial charge on any atom is -0.495 e. The highest BCUT2D eigenvalue weighted by atomic mass is 35.5. The van der Waals surface area contributed by atoms with E-state index in [1.807, 2.05) is 13.0 Å². The van der Waals surface area contributed by atoms with E-state index < -0.39 is 183 Å². The molecule has 3 amide bonds. The summed E-state index contributed by atoms with van der Waals surface area (Å²) in [5, 5.41) is 139. The summed E-state index contributed by atoms with van der Waals surface area (Å²) in [4.78, 5) is 60.4. The van der Waals surface area contributed by atoms with Crippen molar-refractivity contribution < 1.29 is 138 Å². The Kier molecular flexibility index (Phi) is 35.1. The lowest BCUT2D eigenvalue weighted by Crippen LogP contribution is -2.72. The quantitative estimate of drug-likeness (QED) is 0.0442. The number of allylic oxidation sites excluding steroid dienone is 3. The number of likely N-dealkylation sites (N-methyl/N-ethyl adjacent to an activating group) is 1. The molecule has 5 saturated heterocycles. The molecule has 622 valence electrons. The van der Waals surface area contributed by atoms with Gasteiger partial charge in [0.1, 0.15) is 102 Å². The average molecular weight is 1650 g/mol. The number of fused-ring (bicyclic) bond motifs is 5. The van der Waals surface area contributed by atoms with E-state index in [4.69, 9.17) is 63.7 Å². The van der Waals surface area contributed by atoms with Crippen molar-refractivity contribution in [3.05, 3.63) is 46.5 Å². The van der Waals surface area contributed by atoms with Gasteiger partial charge in [0.05, 0.1) is 64.5 Å². The highest BCUT2D eigenvalue weighted by Crippen LogP contribution is 2.55. The van der Waals surface area contributed by atoms with E-state index in [2.05, 4.69) is 5.32 Å². The lowest BCUT2D eigenvalue weighted by Gasteiger charge is -2.60. The fourth-order valence-corrected chi connectivity index (χ4v) is 20.8. The molecule has 7 aliphatic heterocycles. The Hall–Kier alpha value is -2.97. The first-order valence-electron chi connectivity index (χ1n) is 37.3. The fourth-order valence-electron chi connectivity index (χ4n) is 15.1. The molecule has 20 unspecified atom stereocenters. The molecule has 0 spiro atoms. The second kappa shape index (κ2) is 41.7. The first-order valence-corrected chi connectivity index (χ1v) is 41.9. The van der Waals surface area contributed by atoms with Gasteiger partial charge in [-0.1, -0.05) is 68.0 Å². The van der Waals surface area contributed by atoms with Crippen molar-refractivity contribution in [1.82, 2.24) is 10.2 Å². The van der Waals surface area contributed by atoms with E-state index in [9.17, 15) is 85.6 Å². The molecule has 0 radical (unpaired) electrons. The van der Waals surface area contributed by atoms with Crippen LogP contribution in [0.15, 0.2) is 35.9 Å². The Balaban J connectivity index is 1.02. The number of hydrogen-bond acceptors (Lipinski definition) is 32. The van der Waals surface area contributed by atoms with E-state index in [1.54, 1.807) is 92.1 Å². The zero-order valence-electron chi connectivity index (χ0n) is 63.4. The van der Waals surface area contributed by atoms with Crippen molar-refractivity contribution in [3.8, 4) is 5.75 Å². The number of amides is 3. The first-order chi connectivity index (χ1) is 51.7. The Morgan fingerprint density at radius 2 is 1.16 bits per heavy atom. The Labute approximate surface area is 659 Å². The summed E-state index contributed by atoms with van der Waals surface area (Å²) in [5.41, 5.74) is -2.82. The topological polar surface area (TPSA) is 451 Å². The third-order valence-electron chi connectivity index (χ3n) is 21.8. The van der Waals surface area contributed by atoms with Crippen molar-refractivity contribution in [1.29, 1.82) is 0 Å². The standard InChI is InChI=1S/C73H116ClN3O28S4/c1-39-15-14-18-52(96-9)73(94)38-70(4,104-69(93)75-73)41(3)71(5)37-72(105-71,33-54(82)77(7)47-28-42(27-39)29-48(95-8)55(47)74)103-65(92)40(2)76(6)53(81)19-23-106-45-30-43(107-24-20-97-66-62(89)59(86)56(83)49(34-78)100-66)16-12-10-11-13-17-44(108-25-21-98-67-63(90)60(87)57(84)50(35-79)101-67)31-46(32-45)109-26-22-99-68-64(91)61(88)58(85)51(36-80)102-68/h14-15,18,28-29,40-41,43-46,49-52,56-64,66-68,78-80,83-91,94H,10-13,16-17,19-27,30-38H2,1-9H3,(H,75,93)/b18-14+,39-15-/t40-,41-,43?,44?,45?,46?,49?,50?,51?,52-,56?,57?,58?,59?,60?,61?,62?,63?,64?,66?,67?,68?,70+,71?,72-,73-/m0/s1. The smallest absolute Gasteiger partial charge is 0.410 e. The highest BCUT2D eigenvalue weighted by molar-refractivity contribution is 8.01. The van der Waals surface area contributed by atoms with Gasteiger partial charge < -0.3 is 128 Å². The summed E-state index contributed by atoms with van der Waals surface area (Å²) in [6, 6.07) is 2.26. The second-order valence-corrected chi connectivity index (χ2v) is 35.9. The molecule has 26 atom stereocenters. The number of halogens is 1. The number of methoxy groups -OCH3 is 2. The van der Waals surface area contributed by atoms with Crippen LogP contribution in [0.1, 0.15) is 124 Å². The van der Waals surface area contributed by atoms with Crippen molar-refractivity contribution in [3.63, 3.8) is 0 Å². The predicted octanol–water partition coefficient (Wildman–Crippen LogP) is 2.03. The van der Waals surface area contributed by atoms with Crippen LogP contribution < -0.4 is 15.0 Å². The molecule has 36 heteroatoms.